The highest BCUT2D eigenvalue weighted by atomic mass is 16.7. The van der Waals surface area contributed by atoms with Gasteiger partial charge in [-0.2, -0.15) is 0 Å². The van der Waals surface area contributed by atoms with Crippen LogP contribution >= 0.6 is 0 Å². The summed E-state index contributed by atoms with van der Waals surface area (Å²) in [5.41, 5.74) is 0. The second-order valence-corrected chi connectivity index (χ2v) is 16.2. The Morgan fingerprint density at radius 3 is 1.52 bits per heavy atom. The summed E-state index contributed by atoms with van der Waals surface area (Å²) in [5.74, 6) is -0.209. The van der Waals surface area contributed by atoms with Gasteiger partial charge in [0.05, 0.1) is 32.0 Å². The number of carbonyl (C=O) groups is 1. The van der Waals surface area contributed by atoms with Gasteiger partial charge < -0.3 is 65.1 Å². The van der Waals surface area contributed by atoms with Crippen molar-refractivity contribution in [2.75, 3.05) is 19.8 Å². The first kappa shape index (κ1) is 51.1. The first-order valence-electron chi connectivity index (χ1n) is 22.3. The first-order valence-corrected chi connectivity index (χ1v) is 22.3. The summed E-state index contributed by atoms with van der Waals surface area (Å²) in [6.07, 6.45) is 9.78. The van der Waals surface area contributed by atoms with Gasteiger partial charge >= 0.3 is 0 Å². The van der Waals surface area contributed by atoms with Crippen molar-refractivity contribution in [3.05, 3.63) is 0 Å². The molecule has 2 aliphatic heterocycles. The zero-order valence-electron chi connectivity index (χ0n) is 34.6. The maximum atomic E-state index is 13.1. The van der Waals surface area contributed by atoms with Crippen LogP contribution in [-0.2, 0) is 23.7 Å². The molecule has 332 valence electrons. The molecule has 0 bridgehead atoms. The largest absolute Gasteiger partial charge is 0.394 e. The van der Waals surface area contributed by atoms with Crippen LogP contribution in [0.25, 0.3) is 0 Å². The lowest BCUT2D eigenvalue weighted by molar-refractivity contribution is -0.359. The first-order chi connectivity index (χ1) is 27.1. The van der Waals surface area contributed by atoms with Gasteiger partial charge in [0.15, 0.2) is 12.6 Å². The Morgan fingerprint density at radius 2 is 1.02 bits per heavy atom. The van der Waals surface area contributed by atoms with Gasteiger partial charge in [-0.15, -0.1) is 0 Å². The van der Waals surface area contributed by atoms with Crippen LogP contribution in [-0.4, -0.2) is 140 Å². The minimum Gasteiger partial charge on any atom is -0.394 e. The highest BCUT2D eigenvalue weighted by Gasteiger charge is 2.51. The molecule has 0 saturated carbocycles. The summed E-state index contributed by atoms with van der Waals surface area (Å²) in [6, 6.07) is -0.818. The number of aliphatic hydroxyl groups excluding tert-OH is 8. The molecule has 14 heteroatoms. The molecule has 2 aliphatic rings. The molecule has 56 heavy (non-hydrogen) atoms. The summed E-state index contributed by atoms with van der Waals surface area (Å²) < 4.78 is 22.6. The second kappa shape index (κ2) is 30.9. The molecule has 2 rings (SSSR count). The molecule has 0 aliphatic carbocycles. The highest BCUT2D eigenvalue weighted by molar-refractivity contribution is 5.76. The van der Waals surface area contributed by atoms with E-state index in [1.54, 1.807) is 0 Å². The molecule has 1 amide bonds. The van der Waals surface area contributed by atoms with E-state index in [9.17, 15) is 45.6 Å². The monoisotopic (exact) mass is 808 g/mol. The molecule has 0 aromatic carbocycles. The summed E-state index contributed by atoms with van der Waals surface area (Å²) in [4.78, 5) is 13.1. The number of hydrogen-bond donors (Lipinski definition) is 9. The number of unbranched alkanes of at least 4 members (excludes halogenated alkanes) is 20. The van der Waals surface area contributed by atoms with E-state index in [0.717, 1.165) is 51.4 Å². The Bertz CT molecular complexity index is 962. The molecule has 2 heterocycles. The third kappa shape index (κ3) is 19.4. The molecule has 0 aromatic rings. The fraction of sp³-hybridized carbons (Fsp3) is 0.976. The van der Waals surface area contributed by atoms with Crippen LogP contribution in [0.15, 0.2) is 0 Å². The molecular weight excluding hydrogens is 726 g/mol. The average Bonchev–Trinajstić information content (AvgIpc) is 3.19. The summed E-state index contributed by atoms with van der Waals surface area (Å²) in [7, 11) is 0. The van der Waals surface area contributed by atoms with Crippen molar-refractivity contribution in [1.82, 2.24) is 5.32 Å². The molecule has 4 unspecified atom stereocenters. The zero-order chi connectivity index (χ0) is 41.1. The maximum Gasteiger partial charge on any atom is 0.220 e. The van der Waals surface area contributed by atoms with E-state index in [-0.39, 0.29) is 12.5 Å². The highest BCUT2D eigenvalue weighted by Crippen LogP contribution is 2.30. The smallest absolute Gasteiger partial charge is 0.220 e. The van der Waals surface area contributed by atoms with Crippen molar-refractivity contribution < 1.29 is 64.6 Å². The van der Waals surface area contributed by atoms with Gasteiger partial charge in [-0.3, -0.25) is 4.79 Å². The molecule has 0 radical (unpaired) electrons. The van der Waals surface area contributed by atoms with Crippen LogP contribution in [0.3, 0.4) is 0 Å². The Morgan fingerprint density at radius 1 is 0.571 bits per heavy atom. The van der Waals surface area contributed by atoms with Gasteiger partial charge in [0.25, 0.3) is 0 Å². The standard InChI is InChI=1S/C42H81NO13/c1-3-5-7-9-11-13-15-16-18-20-22-24-26-34(47)43-30(31(46)25-23-21-19-17-14-12-10-8-6-4-2)29-53-41-39(52)37(50)40(33(28-45)55-41)56-42-38(51)36(49)35(48)32(27-44)54-42/h30-33,35-42,44-46,48-52H,3-29H2,1-2H3,(H,43,47)/t30-,31+,32+,33+,35-,36?,37?,38?,39?,40+,41+,42-/m0/s1. The van der Waals surface area contributed by atoms with E-state index in [2.05, 4.69) is 19.2 Å². The van der Waals surface area contributed by atoms with Crippen LogP contribution < -0.4 is 5.32 Å². The van der Waals surface area contributed by atoms with Gasteiger partial charge in [-0.25, -0.2) is 0 Å². The van der Waals surface area contributed by atoms with E-state index < -0.39 is 86.8 Å². The minimum absolute atomic E-state index is 0.209. The molecule has 0 aromatic heterocycles. The molecule has 9 N–H and O–H groups in total. The number of ether oxygens (including phenoxy) is 4. The molecule has 2 saturated heterocycles. The Hall–Kier alpha value is -1.01. The lowest BCUT2D eigenvalue weighted by atomic mass is 9.97. The Labute approximate surface area is 336 Å². The Kier molecular flexibility index (Phi) is 28.3. The van der Waals surface area contributed by atoms with Crippen LogP contribution in [0.4, 0.5) is 0 Å². The van der Waals surface area contributed by atoms with Gasteiger partial charge in [0.2, 0.25) is 5.91 Å². The number of carbonyl (C=O) groups excluding carboxylic acids is 1. The second-order valence-electron chi connectivity index (χ2n) is 16.2. The zero-order valence-corrected chi connectivity index (χ0v) is 34.6. The fourth-order valence-electron chi connectivity index (χ4n) is 7.59. The van der Waals surface area contributed by atoms with Crippen molar-refractivity contribution in [3.8, 4) is 0 Å². The molecular formula is C42H81NO13. The van der Waals surface area contributed by atoms with Gasteiger partial charge in [0.1, 0.15) is 48.8 Å². The van der Waals surface area contributed by atoms with Crippen molar-refractivity contribution in [3.63, 3.8) is 0 Å². The van der Waals surface area contributed by atoms with Crippen molar-refractivity contribution >= 4 is 5.91 Å². The SMILES string of the molecule is CCCCCCCCCCCCCCC(=O)N[C@@H](CO[C@@H]1O[C@H](CO)[C@@H](O[C@@H]2O[C@H](CO)[C@H](O)C(O)C2O)C(O)C1O)[C@H](O)CCCCCCCCCCCC. The van der Waals surface area contributed by atoms with Crippen molar-refractivity contribution in [2.24, 2.45) is 0 Å². The quantitative estimate of drug-likeness (QED) is 0.0430. The van der Waals surface area contributed by atoms with E-state index in [1.165, 1.54) is 89.9 Å². The molecule has 0 spiro atoms. The predicted molar refractivity (Wildman–Crippen MR) is 212 cm³/mol. The minimum atomic E-state index is -1.78. The lowest BCUT2D eigenvalue weighted by Gasteiger charge is -2.46. The van der Waals surface area contributed by atoms with Gasteiger partial charge in [0, 0.05) is 6.42 Å². The lowest BCUT2D eigenvalue weighted by Crippen LogP contribution is -2.65. The van der Waals surface area contributed by atoms with E-state index in [4.69, 9.17) is 18.9 Å². The van der Waals surface area contributed by atoms with Gasteiger partial charge in [-0.1, -0.05) is 149 Å². The number of hydrogen-bond acceptors (Lipinski definition) is 13. The summed E-state index contributed by atoms with van der Waals surface area (Å²) in [5, 5.41) is 86.4. The maximum absolute atomic E-state index is 13.1. The average molecular weight is 808 g/mol. The number of nitrogens with one attached hydrogen (secondary N) is 1. The third-order valence-electron chi connectivity index (χ3n) is 11.3. The number of aliphatic hydroxyl groups is 8. The predicted octanol–water partition coefficient (Wildman–Crippen LogP) is 3.88. The molecule has 12 atom stereocenters. The number of rotatable bonds is 33. The van der Waals surface area contributed by atoms with Crippen LogP contribution in [0, 0.1) is 0 Å². The topological polar surface area (TPSA) is 228 Å². The van der Waals surface area contributed by atoms with Crippen LogP contribution in [0.2, 0.25) is 0 Å². The Balaban J connectivity index is 1.90. The van der Waals surface area contributed by atoms with Crippen LogP contribution in [0.1, 0.15) is 168 Å². The van der Waals surface area contributed by atoms with Gasteiger partial charge in [-0.05, 0) is 12.8 Å². The third-order valence-corrected chi connectivity index (χ3v) is 11.3. The van der Waals surface area contributed by atoms with E-state index in [1.807, 2.05) is 0 Å². The van der Waals surface area contributed by atoms with Crippen LogP contribution in [0.5, 0.6) is 0 Å². The molecule has 2 fully saturated rings. The normalized spacial score (nSPS) is 29.3. The fourth-order valence-corrected chi connectivity index (χ4v) is 7.59. The van der Waals surface area contributed by atoms with E-state index >= 15 is 0 Å². The van der Waals surface area contributed by atoms with Crippen molar-refractivity contribution in [1.29, 1.82) is 0 Å². The summed E-state index contributed by atoms with van der Waals surface area (Å²) >= 11 is 0. The van der Waals surface area contributed by atoms with Crippen molar-refractivity contribution in [2.45, 2.75) is 242 Å². The molecule has 14 nitrogen and oxygen atoms in total. The summed E-state index contributed by atoms with van der Waals surface area (Å²) in [6.45, 7) is 2.80. The number of amides is 1. The van der Waals surface area contributed by atoms with E-state index in [0.29, 0.717) is 12.8 Å².